The van der Waals surface area contributed by atoms with Crippen LogP contribution in [0.2, 0.25) is 0 Å². The standard InChI is InChI=1S/C12H13BrO3/c1-12(6-5-11(14)16-12)8-3-4-10(15-2)9(13)7-8/h3-4,7H,5-6H2,1-2H3. The summed E-state index contributed by atoms with van der Waals surface area (Å²) in [4.78, 5) is 11.2. The summed E-state index contributed by atoms with van der Waals surface area (Å²) < 4.78 is 11.4. The van der Waals surface area contributed by atoms with Gasteiger partial charge in [-0.25, -0.2) is 0 Å². The molecule has 0 N–H and O–H groups in total. The zero-order chi connectivity index (χ0) is 11.8. The van der Waals surface area contributed by atoms with Gasteiger partial charge in [-0.1, -0.05) is 6.07 Å². The summed E-state index contributed by atoms with van der Waals surface area (Å²) in [5.41, 5.74) is 0.498. The summed E-state index contributed by atoms with van der Waals surface area (Å²) in [5.74, 6) is 0.645. The first kappa shape index (κ1) is 11.5. The highest BCUT2D eigenvalue weighted by Gasteiger charge is 2.37. The fourth-order valence-corrected chi connectivity index (χ4v) is 2.43. The Morgan fingerprint density at radius 2 is 2.25 bits per heavy atom. The van der Waals surface area contributed by atoms with Gasteiger partial charge >= 0.3 is 5.97 Å². The zero-order valence-corrected chi connectivity index (χ0v) is 10.8. The van der Waals surface area contributed by atoms with Gasteiger partial charge in [0.1, 0.15) is 11.4 Å². The third-order valence-electron chi connectivity index (χ3n) is 2.91. The molecule has 1 atom stereocenters. The normalized spacial score (nSPS) is 24.3. The Kier molecular flexibility index (Phi) is 2.93. The number of cyclic esters (lactones) is 1. The lowest BCUT2D eigenvalue weighted by molar-refractivity contribution is -0.147. The van der Waals surface area contributed by atoms with E-state index in [0.717, 1.165) is 22.2 Å². The van der Waals surface area contributed by atoms with Gasteiger partial charge in [-0.15, -0.1) is 0 Å². The van der Waals surface area contributed by atoms with E-state index in [1.165, 1.54) is 0 Å². The van der Waals surface area contributed by atoms with E-state index >= 15 is 0 Å². The van der Waals surface area contributed by atoms with Crippen LogP contribution >= 0.6 is 15.9 Å². The molecule has 1 aliphatic rings. The monoisotopic (exact) mass is 284 g/mol. The highest BCUT2D eigenvalue weighted by molar-refractivity contribution is 9.10. The molecule has 0 amide bonds. The SMILES string of the molecule is COc1ccc(C2(C)CCC(=O)O2)cc1Br. The lowest BCUT2D eigenvalue weighted by Crippen LogP contribution is -2.20. The van der Waals surface area contributed by atoms with Crippen LogP contribution in [0.1, 0.15) is 25.3 Å². The molecule has 0 aromatic heterocycles. The summed E-state index contributed by atoms with van der Waals surface area (Å²) in [7, 11) is 1.62. The molecule has 1 saturated heterocycles. The zero-order valence-electron chi connectivity index (χ0n) is 9.25. The van der Waals surface area contributed by atoms with Crippen molar-refractivity contribution in [1.29, 1.82) is 0 Å². The van der Waals surface area contributed by atoms with E-state index in [1.54, 1.807) is 7.11 Å². The Balaban J connectivity index is 2.34. The van der Waals surface area contributed by atoms with Crippen LogP contribution in [0.15, 0.2) is 22.7 Å². The fraction of sp³-hybridized carbons (Fsp3) is 0.417. The second-order valence-corrected chi connectivity index (χ2v) is 4.91. The van der Waals surface area contributed by atoms with Gasteiger partial charge in [-0.2, -0.15) is 0 Å². The molecule has 0 saturated carbocycles. The molecule has 0 spiro atoms. The molecule has 16 heavy (non-hydrogen) atoms. The van der Waals surface area contributed by atoms with Gasteiger partial charge in [-0.05, 0) is 40.5 Å². The highest BCUT2D eigenvalue weighted by Crippen LogP contribution is 2.39. The number of methoxy groups -OCH3 is 1. The Morgan fingerprint density at radius 1 is 1.50 bits per heavy atom. The van der Waals surface area contributed by atoms with E-state index in [9.17, 15) is 4.79 Å². The number of halogens is 1. The molecule has 1 aromatic rings. The van der Waals surface area contributed by atoms with Crippen molar-refractivity contribution < 1.29 is 14.3 Å². The summed E-state index contributed by atoms with van der Waals surface area (Å²) in [6.07, 6.45) is 1.21. The molecule has 4 heteroatoms. The summed E-state index contributed by atoms with van der Waals surface area (Å²) in [6.45, 7) is 1.94. The minimum absolute atomic E-state index is 0.130. The molecule has 3 nitrogen and oxygen atoms in total. The maximum atomic E-state index is 11.2. The number of carbonyl (C=O) groups excluding carboxylic acids is 1. The van der Waals surface area contributed by atoms with Crippen molar-refractivity contribution in [3.8, 4) is 5.75 Å². The molecule has 0 aliphatic carbocycles. The van der Waals surface area contributed by atoms with Crippen LogP contribution in [-0.4, -0.2) is 13.1 Å². The number of esters is 1. The van der Waals surface area contributed by atoms with Crippen LogP contribution in [0.25, 0.3) is 0 Å². The molecular weight excluding hydrogens is 272 g/mol. The van der Waals surface area contributed by atoms with Gasteiger partial charge in [0, 0.05) is 12.8 Å². The van der Waals surface area contributed by atoms with Crippen molar-refractivity contribution in [3.05, 3.63) is 28.2 Å². The van der Waals surface area contributed by atoms with Crippen LogP contribution in [-0.2, 0) is 15.1 Å². The topological polar surface area (TPSA) is 35.5 Å². The average molecular weight is 285 g/mol. The van der Waals surface area contributed by atoms with Crippen molar-refractivity contribution in [2.45, 2.75) is 25.4 Å². The van der Waals surface area contributed by atoms with Gasteiger partial charge in [0.05, 0.1) is 11.6 Å². The predicted molar refractivity (Wildman–Crippen MR) is 63.4 cm³/mol. The first-order valence-corrected chi connectivity index (χ1v) is 5.90. The summed E-state index contributed by atoms with van der Waals surface area (Å²) in [6, 6.07) is 5.75. The van der Waals surface area contributed by atoms with Crippen molar-refractivity contribution >= 4 is 21.9 Å². The molecule has 1 fully saturated rings. The Morgan fingerprint density at radius 3 is 2.75 bits per heavy atom. The number of ether oxygens (including phenoxy) is 2. The lowest BCUT2D eigenvalue weighted by Gasteiger charge is -2.23. The van der Waals surface area contributed by atoms with Crippen molar-refractivity contribution in [2.24, 2.45) is 0 Å². The quantitative estimate of drug-likeness (QED) is 0.784. The van der Waals surface area contributed by atoms with E-state index in [-0.39, 0.29) is 5.97 Å². The highest BCUT2D eigenvalue weighted by atomic mass is 79.9. The average Bonchev–Trinajstić information content (AvgIpc) is 2.60. The molecule has 86 valence electrons. The molecule has 1 unspecified atom stereocenters. The molecule has 2 rings (SSSR count). The summed E-state index contributed by atoms with van der Waals surface area (Å²) >= 11 is 3.43. The third kappa shape index (κ3) is 1.94. The van der Waals surface area contributed by atoms with E-state index in [1.807, 2.05) is 25.1 Å². The second kappa shape index (κ2) is 4.09. The van der Waals surface area contributed by atoms with Gasteiger partial charge in [0.2, 0.25) is 0 Å². The molecule has 1 aromatic carbocycles. The van der Waals surface area contributed by atoms with E-state index in [2.05, 4.69) is 15.9 Å². The van der Waals surface area contributed by atoms with Crippen LogP contribution in [0.5, 0.6) is 5.75 Å². The van der Waals surface area contributed by atoms with Gasteiger partial charge < -0.3 is 9.47 Å². The van der Waals surface area contributed by atoms with Gasteiger partial charge in [-0.3, -0.25) is 4.79 Å². The Hall–Kier alpha value is -1.03. The van der Waals surface area contributed by atoms with Crippen molar-refractivity contribution in [2.75, 3.05) is 7.11 Å². The second-order valence-electron chi connectivity index (χ2n) is 4.05. The number of hydrogen-bond donors (Lipinski definition) is 0. The largest absolute Gasteiger partial charge is 0.496 e. The minimum atomic E-state index is -0.494. The fourth-order valence-electron chi connectivity index (χ4n) is 1.89. The molecule has 1 aliphatic heterocycles. The third-order valence-corrected chi connectivity index (χ3v) is 3.53. The predicted octanol–water partition coefficient (Wildman–Crippen LogP) is 3.01. The first-order valence-electron chi connectivity index (χ1n) is 5.11. The van der Waals surface area contributed by atoms with Crippen LogP contribution in [0.4, 0.5) is 0 Å². The molecular formula is C12H13BrO3. The number of hydrogen-bond acceptors (Lipinski definition) is 3. The van der Waals surface area contributed by atoms with Gasteiger partial charge in [0.15, 0.2) is 0 Å². The minimum Gasteiger partial charge on any atom is -0.496 e. The van der Waals surface area contributed by atoms with Crippen molar-refractivity contribution in [1.82, 2.24) is 0 Å². The Labute approximate surface area is 103 Å². The van der Waals surface area contributed by atoms with Crippen LogP contribution < -0.4 is 4.74 Å². The first-order chi connectivity index (χ1) is 7.55. The molecule has 0 radical (unpaired) electrons. The molecule has 0 bridgehead atoms. The van der Waals surface area contributed by atoms with Crippen molar-refractivity contribution in [3.63, 3.8) is 0 Å². The van der Waals surface area contributed by atoms with Crippen LogP contribution in [0, 0.1) is 0 Å². The maximum absolute atomic E-state index is 11.2. The summed E-state index contributed by atoms with van der Waals surface area (Å²) in [5, 5.41) is 0. The van der Waals surface area contributed by atoms with Crippen LogP contribution in [0.3, 0.4) is 0 Å². The smallest absolute Gasteiger partial charge is 0.306 e. The van der Waals surface area contributed by atoms with E-state index in [4.69, 9.17) is 9.47 Å². The molecule has 1 heterocycles. The number of benzene rings is 1. The maximum Gasteiger partial charge on any atom is 0.306 e. The van der Waals surface area contributed by atoms with E-state index in [0.29, 0.717) is 6.42 Å². The number of rotatable bonds is 2. The number of carbonyl (C=O) groups is 1. The van der Waals surface area contributed by atoms with Gasteiger partial charge in [0.25, 0.3) is 0 Å². The Bertz CT molecular complexity index is 430. The lowest BCUT2D eigenvalue weighted by atomic mass is 9.93. The van der Waals surface area contributed by atoms with E-state index < -0.39 is 5.60 Å².